The number of hydrogen-bond donors (Lipinski definition) is 1. The number of benzene rings is 2. The second-order valence-electron chi connectivity index (χ2n) is 7.60. The maximum absolute atomic E-state index is 12.7. The minimum Gasteiger partial charge on any atom is -0.495 e. The first-order valence-electron chi connectivity index (χ1n) is 10.3. The number of thioether (sulfide) groups is 1. The fourth-order valence-corrected chi connectivity index (χ4v) is 5.74. The molecule has 3 heterocycles. The number of rotatable bonds is 6. The molecule has 0 aliphatic carbocycles. The van der Waals surface area contributed by atoms with Gasteiger partial charge in [-0.2, -0.15) is 0 Å². The summed E-state index contributed by atoms with van der Waals surface area (Å²) in [4.78, 5) is 37.5. The third-order valence-corrected chi connectivity index (χ3v) is 7.62. The summed E-state index contributed by atoms with van der Waals surface area (Å²) in [5.41, 5.74) is 2.71. The third kappa shape index (κ3) is 3.72. The number of fused-ring (bicyclic) bond motifs is 2. The van der Waals surface area contributed by atoms with Crippen molar-refractivity contribution in [2.45, 2.75) is 24.8 Å². The van der Waals surface area contributed by atoms with Gasteiger partial charge in [-0.1, -0.05) is 23.9 Å². The summed E-state index contributed by atoms with van der Waals surface area (Å²) in [6, 6.07) is 12.1. The number of imidazole rings is 1. The number of aromatic amines is 1. The van der Waals surface area contributed by atoms with Gasteiger partial charge in [0.2, 0.25) is 0 Å². The van der Waals surface area contributed by atoms with Crippen molar-refractivity contribution >= 4 is 50.0 Å². The molecular formula is C23H19N5O4S2. The first-order chi connectivity index (χ1) is 16.4. The molecule has 2 aromatic carbocycles. The van der Waals surface area contributed by atoms with E-state index in [2.05, 4.69) is 15.0 Å². The molecule has 0 amide bonds. The maximum Gasteiger partial charge on any atom is 0.271 e. The van der Waals surface area contributed by atoms with Crippen molar-refractivity contribution in [3.05, 3.63) is 79.2 Å². The van der Waals surface area contributed by atoms with E-state index in [4.69, 9.17) is 4.74 Å². The number of methoxy groups -OCH3 is 1. The normalized spacial score (nSPS) is 11.4. The van der Waals surface area contributed by atoms with Gasteiger partial charge in [-0.15, -0.1) is 11.3 Å². The molecule has 0 aliphatic rings. The molecule has 9 nitrogen and oxygen atoms in total. The van der Waals surface area contributed by atoms with Gasteiger partial charge in [0.05, 0.1) is 39.9 Å². The molecule has 172 valence electrons. The lowest BCUT2D eigenvalue weighted by Crippen LogP contribution is -2.11. The molecule has 5 rings (SSSR count). The van der Waals surface area contributed by atoms with Crippen LogP contribution < -0.4 is 10.3 Å². The van der Waals surface area contributed by atoms with Crippen LogP contribution in [0.3, 0.4) is 0 Å². The highest BCUT2D eigenvalue weighted by molar-refractivity contribution is 7.98. The molecule has 3 aromatic heterocycles. The van der Waals surface area contributed by atoms with Crippen LogP contribution in [-0.4, -0.2) is 31.6 Å². The average Bonchev–Trinajstić information content (AvgIpc) is 3.33. The van der Waals surface area contributed by atoms with E-state index >= 15 is 0 Å². The maximum atomic E-state index is 12.7. The number of aromatic nitrogens is 4. The Hall–Kier alpha value is -3.70. The van der Waals surface area contributed by atoms with Gasteiger partial charge in [-0.05, 0) is 37.6 Å². The Morgan fingerprint density at radius 3 is 2.76 bits per heavy atom. The summed E-state index contributed by atoms with van der Waals surface area (Å²) < 4.78 is 7.45. The number of nitrogens with one attached hydrogen (secondary N) is 1. The van der Waals surface area contributed by atoms with E-state index in [-0.39, 0.29) is 11.2 Å². The zero-order chi connectivity index (χ0) is 24.0. The summed E-state index contributed by atoms with van der Waals surface area (Å²) in [7, 11) is 1.59. The number of nitrogens with zero attached hydrogens (tertiary/aromatic N) is 4. The molecule has 0 atom stereocenters. The number of non-ortho nitro benzene ring substituents is 1. The van der Waals surface area contributed by atoms with E-state index in [1.165, 1.54) is 35.2 Å². The number of H-pyrrole nitrogens is 1. The van der Waals surface area contributed by atoms with Gasteiger partial charge in [-0.25, -0.2) is 9.97 Å². The molecule has 34 heavy (non-hydrogen) atoms. The molecular weight excluding hydrogens is 474 g/mol. The Balaban J connectivity index is 1.60. The Kier molecular flexibility index (Phi) is 5.58. The number of ether oxygens (including phenoxy) is 1. The Morgan fingerprint density at radius 2 is 2.00 bits per heavy atom. The highest BCUT2D eigenvalue weighted by Gasteiger charge is 2.19. The Labute approximate surface area is 201 Å². The second kappa shape index (κ2) is 8.58. The second-order valence-corrected chi connectivity index (χ2v) is 9.74. The molecule has 0 saturated heterocycles. The third-order valence-electron chi connectivity index (χ3n) is 5.57. The summed E-state index contributed by atoms with van der Waals surface area (Å²) in [5, 5.41) is 12.5. The highest BCUT2D eigenvalue weighted by atomic mass is 32.2. The molecule has 0 fully saturated rings. The number of aryl methyl sites for hydroxylation is 2. The lowest BCUT2D eigenvalue weighted by molar-refractivity contribution is -0.384. The minimum absolute atomic E-state index is 0.0337. The highest BCUT2D eigenvalue weighted by Crippen LogP contribution is 2.35. The van der Waals surface area contributed by atoms with Crippen molar-refractivity contribution in [3.63, 3.8) is 0 Å². The summed E-state index contributed by atoms with van der Waals surface area (Å²) in [6.07, 6.45) is 0. The van der Waals surface area contributed by atoms with E-state index < -0.39 is 4.92 Å². The van der Waals surface area contributed by atoms with Gasteiger partial charge in [0.1, 0.15) is 16.4 Å². The van der Waals surface area contributed by atoms with Crippen LogP contribution in [0.5, 0.6) is 5.75 Å². The number of hydrogen-bond acceptors (Lipinski definition) is 8. The van der Waals surface area contributed by atoms with E-state index in [0.29, 0.717) is 43.7 Å². The first-order valence-corrected chi connectivity index (χ1v) is 12.1. The zero-order valence-corrected chi connectivity index (χ0v) is 20.1. The topological polar surface area (TPSA) is 116 Å². The fraction of sp³-hybridized carbons (Fsp3) is 0.174. The van der Waals surface area contributed by atoms with Gasteiger partial charge >= 0.3 is 0 Å². The van der Waals surface area contributed by atoms with Gasteiger partial charge in [-0.3, -0.25) is 19.5 Å². The van der Waals surface area contributed by atoms with Crippen LogP contribution in [0.2, 0.25) is 0 Å². The standard InChI is InChI=1S/C23H19N5O4S2/c1-12-13(2)34-22-20(12)21(29)25-19(26-22)11-33-23-24-15-10-14(28(30)31)8-9-16(15)27(23)17-6-4-5-7-18(17)32-3/h4-10H,11H2,1-3H3,(H,25,26,29). The smallest absolute Gasteiger partial charge is 0.271 e. The van der Waals surface area contributed by atoms with Crippen LogP contribution in [0.15, 0.2) is 52.4 Å². The molecule has 0 spiro atoms. The zero-order valence-electron chi connectivity index (χ0n) is 18.5. The number of nitro benzene ring substituents is 1. The van der Waals surface area contributed by atoms with E-state index in [1.54, 1.807) is 13.2 Å². The van der Waals surface area contributed by atoms with Crippen molar-refractivity contribution in [2.24, 2.45) is 0 Å². The van der Waals surface area contributed by atoms with Crippen molar-refractivity contribution in [3.8, 4) is 11.4 Å². The molecule has 11 heteroatoms. The number of para-hydroxylation sites is 2. The number of thiophene rings is 1. The van der Waals surface area contributed by atoms with Crippen molar-refractivity contribution < 1.29 is 9.66 Å². The van der Waals surface area contributed by atoms with E-state index in [0.717, 1.165) is 16.1 Å². The Morgan fingerprint density at radius 1 is 1.21 bits per heavy atom. The van der Waals surface area contributed by atoms with Crippen molar-refractivity contribution in [1.82, 2.24) is 19.5 Å². The van der Waals surface area contributed by atoms with Crippen LogP contribution >= 0.6 is 23.1 Å². The molecule has 1 N–H and O–H groups in total. The average molecular weight is 494 g/mol. The minimum atomic E-state index is -0.441. The van der Waals surface area contributed by atoms with Gasteiger partial charge in [0.25, 0.3) is 11.2 Å². The van der Waals surface area contributed by atoms with Crippen molar-refractivity contribution in [2.75, 3.05) is 7.11 Å². The quantitative estimate of drug-likeness (QED) is 0.198. The molecule has 0 bridgehead atoms. The predicted molar refractivity (Wildman–Crippen MR) is 134 cm³/mol. The van der Waals surface area contributed by atoms with Gasteiger partial charge in [0, 0.05) is 17.0 Å². The predicted octanol–water partition coefficient (Wildman–Crippen LogP) is 5.15. The van der Waals surface area contributed by atoms with E-state index in [1.807, 2.05) is 42.7 Å². The summed E-state index contributed by atoms with van der Waals surface area (Å²) in [5.74, 6) is 1.54. The monoisotopic (exact) mass is 493 g/mol. The first kappa shape index (κ1) is 22.1. The summed E-state index contributed by atoms with van der Waals surface area (Å²) >= 11 is 2.88. The lowest BCUT2D eigenvalue weighted by Gasteiger charge is -2.12. The number of nitro groups is 1. The van der Waals surface area contributed by atoms with Crippen LogP contribution in [-0.2, 0) is 5.75 Å². The molecule has 0 aliphatic heterocycles. The molecule has 0 saturated carbocycles. The SMILES string of the molecule is COc1ccccc1-n1c(SCc2nc3sc(C)c(C)c3c(=O)[nH]2)nc2cc([N+](=O)[O-])ccc21. The molecule has 0 radical (unpaired) electrons. The largest absolute Gasteiger partial charge is 0.495 e. The fourth-order valence-electron chi connectivity index (χ4n) is 3.80. The van der Waals surface area contributed by atoms with E-state index in [9.17, 15) is 14.9 Å². The van der Waals surface area contributed by atoms with Crippen LogP contribution in [0.4, 0.5) is 5.69 Å². The van der Waals surface area contributed by atoms with Gasteiger partial charge < -0.3 is 9.72 Å². The van der Waals surface area contributed by atoms with Crippen LogP contribution in [0.1, 0.15) is 16.3 Å². The summed E-state index contributed by atoms with van der Waals surface area (Å²) in [6.45, 7) is 3.90. The Bertz CT molecular complexity index is 1640. The van der Waals surface area contributed by atoms with Crippen molar-refractivity contribution in [1.29, 1.82) is 0 Å². The molecule has 0 unspecified atom stereocenters. The van der Waals surface area contributed by atoms with Crippen LogP contribution in [0, 0.1) is 24.0 Å². The molecule has 5 aromatic rings. The lowest BCUT2D eigenvalue weighted by atomic mass is 10.2. The van der Waals surface area contributed by atoms with Gasteiger partial charge in [0.15, 0.2) is 5.16 Å². The van der Waals surface area contributed by atoms with Crippen LogP contribution in [0.25, 0.3) is 26.9 Å².